The first-order valence-corrected chi connectivity index (χ1v) is 9.82. The molecule has 1 fully saturated rings. The van der Waals surface area contributed by atoms with E-state index >= 15 is 0 Å². The Labute approximate surface area is 166 Å². The Morgan fingerprint density at radius 3 is 2.57 bits per heavy atom. The van der Waals surface area contributed by atoms with Gasteiger partial charge in [-0.2, -0.15) is 0 Å². The smallest absolute Gasteiger partial charge is 0.254 e. The summed E-state index contributed by atoms with van der Waals surface area (Å²) in [5.41, 5.74) is 2.16. The molecule has 1 aromatic heterocycles. The maximum Gasteiger partial charge on any atom is 0.254 e. The van der Waals surface area contributed by atoms with E-state index in [0.717, 1.165) is 15.2 Å². The number of carbonyl (C=O) groups is 2. The number of ether oxygens (including phenoxy) is 1. The fraction of sp³-hybridized carbons (Fsp3) is 0.190. The molecule has 0 aliphatic carbocycles. The normalized spacial score (nSPS) is 14.5. The van der Waals surface area contributed by atoms with Crippen LogP contribution in [-0.2, 0) is 9.53 Å². The molecule has 28 heavy (non-hydrogen) atoms. The summed E-state index contributed by atoms with van der Waals surface area (Å²) in [6.07, 6.45) is 3.17. The van der Waals surface area contributed by atoms with Gasteiger partial charge in [0.1, 0.15) is 5.01 Å². The number of aromatic nitrogens is 1. The van der Waals surface area contributed by atoms with Crippen molar-refractivity contribution in [2.24, 2.45) is 0 Å². The molecule has 1 aliphatic rings. The van der Waals surface area contributed by atoms with Gasteiger partial charge in [-0.1, -0.05) is 12.1 Å². The average molecular weight is 393 g/mol. The Hall–Kier alpha value is -3.03. The topological polar surface area (TPSA) is 71.5 Å². The highest BCUT2D eigenvalue weighted by Crippen LogP contribution is 2.22. The second-order valence-corrected chi connectivity index (χ2v) is 7.39. The van der Waals surface area contributed by atoms with Crippen LogP contribution in [0.3, 0.4) is 0 Å². The summed E-state index contributed by atoms with van der Waals surface area (Å²) in [6.45, 7) is 2.35. The number of para-hydroxylation sites is 1. The monoisotopic (exact) mass is 393 g/mol. The summed E-state index contributed by atoms with van der Waals surface area (Å²) >= 11 is 1.54. The van der Waals surface area contributed by atoms with Crippen LogP contribution in [0.15, 0.2) is 54.6 Å². The van der Waals surface area contributed by atoms with Crippen LogP contribution in [0.2, 0.25) is 0 Å². The van der Waals surface area contributed by atoms with Crippen LogP contribution in [0.5, 0.6) is 0 Å². The first kappa shape index (κ1) is 18.3. The highest BCUT2D eigenvalue weighted by molar-refractivity contribution is 7.19. The molecular weight excluding hydrogens is 374 g/mol. The van der Waals surface area contributed by atoms with Crippen LogP contribution in [0.1, 0.15) is 15.4 Å². The van der Waals surface area contributed by atoms with Crippen LogP contribution in [0, 0.1) is 0 Å². The van der Waals surface area contributed by atoms with E-state index in [4.69, 9.17) is 4.74 Å². The van der Waals surface area contributed by atoms with Crippen molar-refractivity contribution in [3.05, 3.63) is 65.2 Å². The lowest BCUT2D eigenvalue weighted by molar-refractivity contribution is -0.111. The summed E-state index contributed by atoms with van der Waals surface area (Å²) in [7, 11) is 0. The molecule has 4 rings (SSSR count). The van der Waals surface area contributed by atoms with Gasteiger partial charge in [-0.05, 0) is 42.5 Å². The van der Waals surface area contributed by atoms with Gasteiger partial charge in [-0.25, -0.2) is 4.98 Å². The zero-order valence-corrected chi connectivity index (χ0v) is 15.9. The van der Waals surface area contributed by atoms with Gasteiger partial charge < -0.3 is 15.0 Å². The van der Waals surface area contributed by atoms with E-state index in [-0.39, 0.29) is 11.8 Å². The molecule has 2 aromatic carbocycles. The minimum atomic E-state index is -0.244. The van der Waals surface area contributed by atoms with Crippen LogP contribution in [0.4, 0.5) is 5.69 Å². The van der Waals surface area contributed by atoms with Crippen molar-refractivity contribution in [2.75, 3.05) is 31.6 Å². The summed E-state index contributed by atoms with van der Waals surface area (Å²) in [5, 5.41) is 3.58. The molecule has 2 amide bonds. The lowest BCUT2D eigenvalue weighted by atomic mass is 10.1. The summed E-state index contributed by atoms with van der Waals surface area (Å²) in [5.74, 6) is -0.261. The number of amides is 2. The number of nitrogens with zero attached hydrogens (tertiary/aromatic N) is 2. The molecule has 6 nitrogen and oxygen atoms in total. The molecular formula is C21H19N3O3S. The number of anilines is 1. The van der Waals surface area contributed by atoms with E-state index in [1.807, 2.05) is 24.3 Å². The largest absolute Gasteiger partial charge is 0.378 e. The molecule has 1 saturated heterocycles. The van der Waals surface area contributed by atoms with Crippen molar-refractivity contribution in [3.8, 4) is 0 Å². The standard InChI is InChI=1S/C21H19N3O3S/c25-19(9-10-20-23-17-3-1-2-4-18(17)28-20)22-16-7-5-15(6-8-16)21(26)24-11-13-27-14-12-24/h1-10H,11-14H2,(H,22,25)/b10-9+. The summed E-state index contributed by atoms with van der Waals surface area (Å²) < 4.78 is 6.36. The first-order valence-electron chi connectivity index (χ1n) is 9.01. The predicted molar refractivity (Wildman–Crippen MR) is 110 cm³/mol. The van der Waals surface area contributed by atoms with Crippen LogP contribution < -0.4 is 5.32 Å². The number of thiazole rings is 1. The summed E-state index contributed by atoms with van der Waals surface area (Å²) in [4.78, 5) is 30.8. The maximum atomic E-state index is 12.4. The second-order valence-electron chi connectivity index (χ2n) is 6.32. The van der Waals surface area contributed by atoms with Crippen LogP contribution in [0.25, 0.3) is 16.3 Å². The van der Waals surface area contributed by atoms with Crippen LogP contribution in [-0.4, -0.2) is 48.0 Å². The third-order valence-corrected chi connectivity index (χ3v) is 5.39. The number of rotatable bonds is 4. The molecule has 142 valence electrons. The molecule has 7 heteroatoms. The van der Waals surface area contributed by atoms with Crippen molar-refractivity contribution < 1.29 is 14.3 Å². The SMILES string of the molecule is O=C(/C=C/c1nc2ccccc2s1)Nc1ccc(C(=O)N2CCOCC2)cc1. The van der Waals surface area contributed by atoms with E-state index in [1.165, 1.54) is 17.4 Å². The molecule has 0 bridgehead atoms. The number of morpholine rings is 1. The lowest BCUT2D eigenvalue weighted by Gasteiger charge is -2.26. The Kier molecular flexibility index (Phi) is 5.45. The molecule has 0 spiro atoms. The zero-order valence-electron chi connectivity index (χ0n) is 15.1. The molecule has 0 saturated carbocycles. The van der Waals surface area contributed by atoms with E-state index in [0.29, 0.717) is 37.6 Å². The Morgan fingerprint density at radius 2 is 1.82 bits per heavy atom. The Balaban J connectivity index is 1.36. The molecule has 0 radical (unpaired) electrons. The van der Waals surface area contributed by atoms with Crippen molar-refractivity contribution in [1.82, 2.24) is 9.88 Å². The van der Waals surface area contributed by atoms with Gasteiger partial charge >= 0.3 is 0 Å². The summed E-state index contributed by atoms with van der Waals surface area (Å²) in [6, 6.07) is 14.8. The van der Waals surface area contributed by atoms with Gasteiger partial charge in [0.05, 0.1) is 23.4 Å². The number of hydrogen-bond donors (Lipinski definition) is 1. The average Bonchev–Trinajstić information content (AvgIpc) is 3.16. The molecule has 1 aliphatic heterocycles. The van der Waals surface area contributed by atoms with Gasteiger partial charge in [0.15, 0.2) is 0 Å². The van der Waals surface area contributed by atoms with Crippen molar-refractivity contribution >= 4 is 45.1 Å². The quantitative estimate of drug-likeness (QED) is 0.690. The van der Waals surface area contributed by atoms with E-state index in [9.17, 15) is 9.59 Å². The molecule has 1 N–H and O–H groups in total. The van der Waals surface area contributed by atoms with Gasteiger partial charge in [0.2, 0.25) is 5.91 Å². The number of hydrogen-bond acceptors (Lipinski definition) is 5. The number of benzene rings is 2. The fourth-order valence-corrected chi connectivity index (χ4v) is 3.81. The number of carbonyl (C=O) groups excluding carboxylic acids is 2. The predicted octanol–water partition coefficient (Wildman–Crippen LogP) is 3.42. The van der Waals surface area contributed by atoms with E-state index in [1.54, 1.807) is 35.2 Å². The fourth-order valence-electron chi connectivity index (χ4n) is 2.94. The van der Waals surface area contributed by atoms with E-state index in [2.05, 4.69) is 10.3 Å². The minimum absolute atomic E-state index is 0.0168. The third kappa shape index (κ3) is 4.27. The Bertz CT molecular complexity index is 988. The minimum Gasteiger partial charge on any atom is -0.378 e. The van der Waals surface area contributed by atoms with Crippen molar-refractivity contribution in [2.45, 2.75) is 0 Å². The third-order valence-electron chi connectivity index (χ3n) is 4.39. The van der Waals surface area contributed by atoms with Gasteiger partial charge in [-0.15, -0.1) is 11.3 Å². The van der Waals surface area contributed by atoms with E-state index < -0.39 is 0 Å². The molecule has 0 atom stereocenters. The Morgan fingerprint density at radius 1 is 1.07 bits per heavy atom. The lowest BCUT2D eigenvalue weighted by Crippen LogP contribution is -2.40. The number of nitrogens with one attached hydrogen (secondary N) is 1. The highest BCUT2D eigenvalue weighted by Gasteiger charge is 2.18. The molecule has 2 heterocycles. The molecule has 0 unspecified atom stereocenters. The number of fused-ring (bicyclic) bond motifs is 1. The van der Waals surface area contributed by atoms with Crippen LogP contribution >= 0.6 is 11.3 Å². The zero-order chi connectivity index (χ0) is 19.3. The van der Waals surface area contributed by atoms with Gasteiger partial charge in [0.25, 0.3) is 5.91 Å². The maximum absolute atomic E-state index is 12.4. The highest BCUT2D eigenvalue weighted by atomic mass is 32.1. The first-order chi connectivity index (χ1) is 13.7. The van der Waals surface area contributed by atoms with Gasteiger partial charge in [-0.3, -0.25) is 9.59 Å². The van der Waals surface area contributed by atoms with Gasteiger partial charge in [0, 0.05) is 30.4 Å². The van der Waals surface area contributed by atoms with Crippen molar-refractivity contribution in [3.63, 3.8) is 0 Å². The molecule has 3 aromatic rings. The second kappa shape index (κ2) is 8.33. The van der Waals surface area contributed by atoms with Crippen molar-refractivity contribution in [1.29, 1.82) is 0 Å².